The Morgan fingerprint density at radius 1 is 1.38 bits per heavy atom. The summed E-state index contributed by atoms with van der Waals surface area (Å²) < 4.78 is 2.47. The minimum Gasteiger partial charge on any atom is -0.507 e. The number of hydrogen-bond acceptors (Lipinski definition) is 4. The average molecular weight is 387 g/mol. The number of aromatic hydroxyl groups is 1. The zero-order chi connectivity index (χ0) is 17.1. The Balaban J connectivity index is 1.65. The molecule has 0 radical (unpaired) electrons. The largest absolute Gasteiger partial charge is 0.507 e. The smallest absolute Gasteiger partial charge is 0.247 e. The van der Waals surface area contributed by atoms with Gasteiger partial charge in [-0.05, 0) is 51.8 Å². The van der Waals surface area contributed by atoms with Crippen LogP contribution >= 0.6 is 15.9 Å². The fourth-order valence-corrected chi connectivity index (χ4v) is 2.72. The van der Waals surface area contributed by atoms with E-state index in [4.69, 9.17) is 0 Å². The summed E-state index contributed by atoms with van der Waals surface area (Å²) in [5.41, 5.74) is 5.08. The number of carbonyl (C=O) groups is 1. The Bertz CT molecular complexity index is 933. The molecule has 0 atom stereocenters. The summed E-state index contributed by atoms with van der Waals surface area (Å²) in [7, 11) is 1.88. The molecule has 2 aromatic carbocycles. The second-order valence-electron chi connectivity index (χ2n) is 5.26. The molecule has 24 heavy (non-hydrogen) atoms. The van der Waals surface area contributed by atoms with E-state index in [1.54, 1.807) is 18.2 Å². The van der Waals surface area contributed by atoms with Crippen LogP contribution in [0.15, 0.2) is 52.0 Å². The molecule has 0 bridgehead atoms. The number of imidazole rings is 1. The first-order valence-electron chi connectivity index (χ1n) is 7.25. The molecular formula is C17H15BrN4O2. The minimum atomic E-state index is -0.248. The molecule has 0 spiro atoms. The molecule has 0 aliphatic heterocycles. The number of phenolic OH excluding ortho intramolecular Hbond substituents is 1. The van der Waals surface area contributed by atoms with Gasteiger partial charge in [0.2, 0.25) is 5.91 Å². The standard InChI is InChI=1S/C17H15BrN4O2/c1-22-14-5-3-2-4-13(14)20-16(22)9-17(24)21-19-10-11-6-7-15(23)12(18)8-11/h2-8,10,23H,9H2,1H3,(H,21,24)/b19-10+. The normalized spacial score (nSPS) is 11.2. The first kappa shape index (κ1) is 16.2. The molecule has 0 unspecified atom stereocenters. The van der Waals surface area contributed by atoms with Gasteiger partial charge in [0.1, 0.15) is 11.6 Å². The monoisotopic (exact) mass is 386 g/mol. The highest BCUT2D eigenvalue weighted by Gasteiger charge is 2.10. The Hall–Kier alpha value is -2.67. The number of aromatic nitrogens is 2. The van der Waals surface area contributed by atoms with Crippen molar-refractivity contribution in [3.8, 4) is 5.75 Å². The number of nitrogens with zero attached hydrogens (tertiary/aromatic N) is 3. The van der Waals surface area contributed by atoms with E-state index in [-0.39, 0.29) is 18.1 Å². The van der Waals surface area contributed by atoms with Gasteiger partial charge < -0.3 is 9.67 Å². The lowest BCUT2D eigenvalue weighted by atomic mass is 10.2. The van der Waals surface area contributed by atoms with E-state index in [2.05, 4.69) is 31.4 Å². The van der Waals surface area contributed by atoms with Crippen LogP contribution in [-0.2, 0) is 18.3 Å². The van der Waals surface area contributed by atoms with Crippen molar-refractivity contribution in [3.05, 3.63) is 58.3 Å². The van der Waals surface area contributed by atoms with Crippen LogP contribution in [0.3, 0.4) is 0 Å². The number of hydrogen-bond donors (Lipinski definition) is 2. The number of fused-ring (bicyclic) bond motifs is 1. The molecule has 6 nitrogen and oxygen atoms in total. The van der Waals surface area contributed by atoms with E-state index >= 15 is 0 Å². The number of amides is 1. The lowest BCUT2D eigenvalue weighted by Crippen LogP contribution is -2.21. The number of para-hydroxylation sites is 2. The summed E-state index contributed by atoms with van der Waals surface area (Å²) in [5, 5.41) is 13.4. The topological polar surface area (TPSA) is 79.5 Å². The van der Waals surface area contributed by atoms with E-state index in [9.17, 15) is 9.90 Å². The zero-order valence-corrected chi connectivity index (χ0v) is 14.5. The first-order chi connectivity index (χ1) is 11.5. The molecule has 0 aliphatic rings. The average Bonchev–Trinajstić information content (AvgIpc) is 2.87. The lowest BCUT2D eigenvalue weighted by Gasteiger charge is -2.02. The van der Waals surface area contributed by atoms with Gasteiger partial charge in [0, 0.05) is 7.05 Å². The van der Waals surface area contributed by atoms with Crippen molar-refractivity contribution < 1.29 is 9.90 Å². The van der Waals surface area contributed by atoms with Gasteiger partial charge in [-0.15, -0.1) is 0 Å². The first-order valence-corrected chi connectivity index (χ1v) is 8.04. The van der Waals surface area contributed by atoms with Crippen molar-refractivity contribution in [1.82, 2.24) is 15.0 Å². The van der Waals surface area contributed by atoms with Gasteiger partial charge in [-0.3, -0.25) is 4.79 Å². The summed E-state index contributed by atoms with van der Waals surface area (Å²) in [4.78, 5) is 16.5. The van der Waals surface area contributed by atoms with Gasteiger partial charge in [0.15, 0.2) is 0 Å². The lowest BCUT2D eigenvalue weighted by molar-refractivity contribution is -0.120. The summed E-state index contributed by atoms with van der Waals surface area (Å²) in [5.74, 6) is 0.580. The highest BCUT2D eigenvalue weighted by molar-refractivity contribution is 9.10. The van der Waals surface area contributed by atoms with E-state index in [1.807, 2.05) is 35.9 Å². The Morgan fingerprint density at radius 2 is 2.17 bits per heavy atom. The van der Waals surface area contributed by atoms with Crippen molar-refractivity contribution in [2.75, 3.05) is 0 Å². The SMILES string of the molecule is Cn1c(CC(=O)N/N=C/c2ccc(O)c(Br)c2)nc2ccccc21. The number of carbonyl (C=O) groups excluding carboxylic acids is 1. The van der Waals surface area contributed by atoms with Crippen LogP contribution in [0.5, 0.6) is 5.75 Å². The van der Waals surface area contributed by atoms with Crippen molar-refractivity contribution in [2.45, 2.75) is 6.42 Å². The van der Waals surface area contributed by atoms with Crippen molar-refractivity contribution >= 4 is 39.1 Å². The van der Waals surface area contributed by atoms with Gasteiger partial charge in [0.25, 0.3) is 0 Å². The Morgan fingerprint density at radius 3 is 2.92 bits per heavy atom. The maximum absolute atomic E-state index is 12.0. The van der Waals surface area contributed by atoms with Crippen molar-refractivity contribution in [1.29, 1.82) is 0 Å². The molecule has 3 rings (SSSR count). The van der Waals surface area contributed by atoms with Crippen LogP contribution in [0.2, 0.25) is 0 Å². The van der Waals surface area contributed by atoms with Gasteiger partial charge in [-0.1, -0.05) is 12.1 Å². The molecule has 0 aliphatic carbocycles. The second kappa shape index (κ2) is 6.84. The highest BCUT2D eigenvalue weighted by Crippen LogP contribution is 2.23. The molecule has 1 heterocycles. The highest BCUT2D eigenvalue weighted by atomic mass is 79.9. The van der Waals surface area contributed by atoms with Gasteiger partial charge in [-0.2, -0.15) is 5.10 Å². The molecule has 0 saturated heterocycles. The molecule has 122 valence electrons. The second-order valence-corrected chi connectivity index (χ2v) is 6.11. The van der Waals surface area contributed by atoms with Crippen LogP contribution in [0.4, 0.5) is 0 Å². The summed E-state index contributed by atoms with van der Waals surface area (Å²) in [6, 6.07) is 12.7. The van der Waals surface area contributed by atoms with Crippen molar-refractivity contribution in [3.63, 3.8) is 0 Å². The summed E-state index contributed by atoms with van der Waals surface area (Å²) >= 11 is 3.23. The third-order valence-corrected chi connectivity index (χ3v) is 4.21. The van der Waals surface area contributed by atoms with Gasteiger partial charge >= 0.3 is 0 Å². The predicted octanol–water partition coefficient (Wildman–Crippen LogP) is 2.73. The van der Waals surface area contributed by atoms with Crippen LogP contribution in [0, 0.1) is 0 Å². The molecule has 1 aromatic heterocycles. The minimum absolute atomic E-state index is 0.141. The number of halogens is 1. The van der Waals surface area contributed by atoms with E-state index in [1.165, 1.54) is 6.21 Å². The third kappa shape index (κ3) is 3.46. The van der Waals surface area contributed by atoms with Crippen LogP contribution in [-0.4, -0.2) is 26.8 Å². The maximum Gasteiger partial charge on any atom is 0.247 e. The van der Waals surface area contributed by atoms with E-state index in [0.29, 0.717) is 10.3 Å². The Labute approximate surface area is 147 Å². The van der Waals surface area contributed by atoms with E-state index < -0.39 is 0 Å². The third-order valence-electron chi connectivity index (χ3n) is 3.57. The zero-order valence-electron chi connectivity index (χ0n) is 12.9. The Kier molecular flexibility index (Phi) is 4.61. The molecule has 0 saturated carbocycles. The number of phenols is 1. The summed E-state index contributed by atoms with van der Waals surface area (Å²) in [6.07, 6.45) is 1.65. The van der Waals surface area contributed by atoms with Crippen LogP contribution < -0.4 is 5.43 Å². The van der Waals surface area contributed by atoms with Gasteiger partial charge in [0.05, 0.1) is 28.1 Å². The number of hydrazone groups is 1. The molecule has 3 aromatic rings. The molecule has 1 amide bonds. The summed E-state index contributed by atoms with van der Waals surface area (Å²) in [6.45, 7) is 0. The maximum atomic E-state index is 12.0. The van der Waals surface area contributed by atoms with E-state index in [0.717, 1.165) is 16.6 Å². The van der Waals surface area contributed by atoms with Crippen LogP contribution in [0.1, 0.15) is 11.4 Å². The van der Waals surface area contributed by atoms with Gasteiger partial charge in [-0.25, -0.2) is 10.4 Å². The number of aryl methyl sites for hydroxylation is 1. The van der Waals surface area contributed by atoms with Crippen molar-refractivity contribution in [2.24, 2.45) is 12.1 Å². The fourth-order valence-electron chi connectivity index (χ4n) is 2.32. The number of benzene rings is 2. The molecule has 0 fully saturated rings. The fraction of sp³-hybridized carbons (Fsp3) is 0.118. The molecule has 2 N–H and O–H groups in total. The molecular weight excluding hydrogens is 372 g/mol. The molecule has 7 heteroatoms. The predicted molar refractivity (Wildman–Crippen MR) is 96.0 cm³/mol. The quantitative estimate of drug-likeness (QED) is 0.534. The number of nitrogens with one attached hydrogen (secondary N) is 1. The number of rotatable bonds is 4. The van der Waals surface area contributed by atoms with Crippen LogP contribution in [0.25, 0.3) is 11.0 Å².